The third kappa shape index (κ3) is 1.77. The number of hydrogen-bond donors (Lipinski definition) is 2. The summed E-state index contributed by atoms with van der Waals surface area (Å²) < 4.78 is 0. The minimum absolute atomic E-state index is 0.123. The molecule has 2 fully saturated rings. The van der Waals surface area contributed by atoms with Crippen LogP contribution in [0.3, 0.4) is 0 Å². The van der Waals surface area contributed by atoms with Crippen molar-refractivity contribution in [3.8, 4) is 0 Å². The van der Waals surface area contributed by atoms with Crippen LogP contribution in [0.4, 0.5) is 0 Å². The molecule has 1 heterocycles. The van der Waals surface area contributed by atoms with Gasteiger partial charge in [-0.2, -0.15) is 0 Å². The lowest BCUT2D eigenvalue weighted by Crippen LogP contribution is -2.34. The van der Waals surface area contributed by atoms with Gasteiger partial charge >= 0.3 is 0 Å². The molecule has 0 aromatic heterocycles. The van der Waals surface area contributed by atoms with Gasteiger partial charge in [-0.3, -0.25) is 4.79 Å². The molecule has 2 atom stereocenters. The van der Waals surface area contributed by atoms with Gasteiger partial charge < -0.3 is 15.1 Å². The lowest BCUT2D eigenvalue weighted by molar-refractivity contribution is -0.134. The second-order valence-corrected chi connectivity index (χ2v) is 4.36. The smallest absolute Gasteiger partial charge is 0.225 e. The lowest BCUT2D eigenvalue weighted by Gasteiger charge is -2.19. The summed E-state index contributed by atoms with van der Waals surface area (Å²) in [5, 5.41) is 18.6. The van der Waals surface area contributed by atoms with E-state index in [0.717, 1.165) is 25.7 Å². The number of aliphatic hydroxyl groups excluding tert-OH is 2. The van der Waals surface area contributed by atoms with Crippen molar-refractivity contribution in [3.05, 3.63) is 0 Å². The second-order valence-electron chi connectivity index (χ2n) is 4.36. The van der Waals surface area contributed by atoms with Crippen molar-refractivity contribution >= 4 is 5.91 Å². The average molecular weight is 199 g/mol. The van der Waals surface area contributed by atoms with Gasteiger partial charge in [0.2, 0.25) is 5.91 Å². The zero-order valence-corrected chi connectivity index (χ0v) is 8.22. The van der Waals surface area contributed by atoms with E-state index in [2.05, 4.69) is 0 Å². The van der Waals surface area contributed by atoms with Crippen LogP contribution < -0.4 is 0 Å². The summed E-state index contributed by atoms with van der Waals surface area (Å²) in [6.07, 6.45) is 2.72. The van der Waals surface area contributed by atoms with Crippen LogP contribution in [0.15, 0.2) is 0 Å². The second kappa shape index (κ2) is 3.87. The van der Waals surface area contributed by atoms with Gasteiger partial charge in [-0.05, 0) is 12.8 Å². The Morgan fingerprint density at radius 3 is 2.07 bits per heavy atom. The molecule has 0 radical (unpaired) electrons. The highest BCUT2D eigenvalue weighted by Gasteiger charge is 2.36. The van der Waals surface area contributed by atoms with Crippen molar-refractivity contribution in [1.29, 1.82) is 0 Å². The Labute approximate surface area is 83.5 Å². The van der Waals surface area contributed by atoms with Crippen molar-refractivity contribution < 1.29 is 15.0 Å². The molecule has 0 bridgehead atoms. The number of hydrogen-bond acceptors (Lipinski definition) is 3. The van der Waals surface area contributed by atoms with Gasteiger partial charge in [-0.1, -0.05) is 12.8 Å². The number of nitrogens with zero attached hydrogens (tertiary/aromatic N) is 1. The van der Waals surface area contributed by atoms with Crippen LogP contribution in [-0.4, -0.2) is 46.3 Å². The Morgan fingerprint density at radius 2 is 1.57 bits per heavy atom. The summed E-state index contributed by atoms with van der Waals surface area (Å²) in [6, 6.07) is 0. The Balaban J connectivity index is 1.92. The first-order valence-electron chi connectivity index (χ1n) is 5.33. The molecule has 2 aliphatic rings. The van der Waals surface area contributed by atoms with Gasteiger partial charge in [0.15, 0.2) is 0 Å². The lowest BCUT2D eigenvalue weighted by atomic mass is 10.1. The normalized spacial score (nSPS) is 34.0. The third-order valence-corrected chi connectivity index (χ3v) is 3.28. The van der Waals surface area contributed by atoms with Crippen molar-refractivity contribution in [2.24, 2.45) is 5.92 Å². The third-order valence-electron chi connectivity index (χ3n) is 3.28. The van der Waals surface area contributed by atoms with E-state index < -0.39 is 12.2 Å². The van der Waals surface area contributed by atoms with Gasteiger partial charge in [0.25, 0.3) is 0 Å². The Kier molecular flexibility index (Phi) is 2.74. The molecular weight excluding hydrogens is 182 g/mol. The number of rotatable bonds is 1. The molecule has 4 nitrogen and oxygen atoms in total. The van der Waals surface area contributed by atoms with E-state index in [1.54, 1.807) is 4.90 Å². The van der Waals surface area contributed by atoms with Crippen LogP contribution in [0.1, 0.15) is 25.7 Å². The van der Waals surface area contributed by atoms with Crippen molar-refractivity contribution in [2.75, 3.05) is 13.1 Å². The predicted octanol–water partition coefficient (Wildman–Crippen LogP) is -0.259. The molecule has 0 aromatic carbocycles. The maximum absolute atomic E-state index is 11.8. The van der Waals surface area contributed by atoms with Crippen LogP contribution in [0.25, 0.3) is 0 Å². The van der Waals surface area contributed by atoms with Gasteiger partial charge in [0, 0.05) is 19.0 Å². The molecule has 4 heteroatoms. The van der Waals surface area contributed by atoms with Crippen LogP contribution in [0.5, 0.6) is 0 Å². The molecule has 1 aliphatic carbocycles. The first kappa shape index (κ1) is 9.93. The van der Waals surface area contributed by atoms with E-state index in [-0.39, 0.29) is 11.8 Å². The molecule has 80 valence electrons. The fraction of sp³-hybridized carbons (Fsp3) is 0.900. The molecule has 2 N–H and O–H groups in total. The number of likely N-dealkylation sites (tertiary alicyclic amines) is 1. The molecule has 1 aliphatic heterocycles. The topological polar surface area (TPSA) is 60.8 Å². The van der Waals surface area contributed by atoms with E-state index >= 15 is 0 Å². The largest absolute Gasteiger partial charge is 0.388 e. The molecular formula is C10H17NO3. The molecule has 14 heavy (non-hydrogen) atoms. The summed E-state index contributed by atoms with van der Waals surface area (Å²) in [5.41, 5.74) is 0. The van der Waals surface area contributed by atoms with E-state index in [4.69, 9.17) is 0 Å². The average Bonchev–Trinajstić information content (AvgIpc) is 2.76. The minimum atomic E-state index is -0.750. The number of amides is 1. The highest BCUT2D eigenvalue weighted by molar-refractivity contribution is 5.79. The van der Waals surface area contributed by atoms with Crippen LogP contribution in [0.2, 0.25) is 0 Å². The minimum Gasteiger partial charge on any atom is -0.388 e. The number of carbonyl (C=O) groups excluding carboxylic acids is 1. The predicted molar refractivity (Wildman–Crippen MR) is 50.6 cm³/mol. The summed E-state index contributed by atoms with van der Waals surface area (Å²) >= 11 is 0. The van der Waals surface area contributed by atoms with E-state index in [1.165, 1.54) is 0 Å². The quantitative estimate of drug-likeness (QED) is 0.611. The maximum Gasteiger partial charge on any atom is 0.225 e. The molecule has 0 unspecified atom stereocenters. The molecule has 1 amide bonds. The standard InChI is InChI=1S/C10H17NO3/c12-8-5-11(6-9(8)13)10(14)7-3-1-2-4-7/h7-9,12-13H,1-6H2/t8-,9+. The molecule has 2 rings (SSSR count). The monoisotopic (exact) mass is 199 g/mol. The van der Waals surface area contributed by atoms with Gasteiger partial charge in [0.1, 0.15) is 0 Å². The Bertz CT molecular complexity index is 215. The van der Waals surface area contributed by atoms with Gasteiger partial charge in [-0.25, -0.2) is 0 Å². The molecule has 0 spiro atoms. The first-order chi connectivity index (χ1) is 6.68. The Morgan fingerprint density at radius 1 is 1.07 bits per heavy atom. The van der Waals surface area contributed by atoms with Crippen LogP contribution in [-0.2, 0) is 4.79 Å². The number of carbonyl (C=O) groups is 1. The highest BCUT2D eigenvalue weighted by Crippen LogP contribution is 2.27. The van der Waals surface area contributed by atoms with Crippen molar-refractivity contribution in [1.82, 2.24) is 4.90 Å². The highest BCUT2D eigenvalue weighted by atomic mass is 16.3. The maximum atomic E-state index is 11.8. The first-order valence-corrected chi connectivity index (χ1v) is 5.33. The van der Waals surface area contributed by atoms with Crippen molar-refractivity contribution in [3.63, 3.8) is 0 Å². The fourth-order valence-electron chi connectivity index (χ4n) is 2.38. The van der Waals surface area contributed by atoms with Gasteiger partial charge in [0.05, 0.1) is 12.2 Å². The van der Waals surface area contributed by atoms with E-state index in [1.807, 2.05) is 0 Å². The molecule has 1 saturated carbocycles. The number of aliphatic hydroxyl groups is 2. The molecule has 0 aromatic rings. The van der Waals surface area contributed by atoms with E-state index in [9.17, 15) is 15.0 Å². The van der Waals surface area contributed by atoms with Gasteiger partial charge in [-0.15, -0.1) is 0 Å². The SMILES string of the molecule is O=C(C1CCCC1)N1C[C@@H](O)[C@@H](O)C1. The van der Waals surface area contributed by atoms with Crippen molar-refractivity contribution in [2.45, 2.75) is 37.9 Å². The summed E-state index contributed by atoms with van der Waals surface area (Å²) in [4.78, 5) is 13.4. The zero-order valence-electron chi connectivity index (χ0n) is 8.22. The number of β-amino-alcohol motifs (C(OH)–C–C–N with tert-alkyl or cyclic N) is 2. The van der Waals surface area contributed by atoms with Crippen LogP contribution in [0, 0.1) is 5.92 Å². The zero-order chi connectivity index (χ0) is 10.1. The summed E-state index contributed by atoms with van der Waals surface area (Å²) in [5.74, 6) is 0.269. The Hall–Kier alpha value is -0.610. The summed E-state index contributed by atoms with van der Waals surface area (Å²) in [6.45, 7) is 0.604. The molecule has 1 saturated heterocycles. The summed E-state index contributed by atoms with van der Waals surface area (Å²) in [7, 11) is 0. The van der Waals surface area contributed by atoms with Crippen LogP contribution >= 0.6 is 0 Å². The van der Waals surface area contributed by atoms with E-state index in [0.29, 0.717) is 13.1 Å². The fourth-order valence-corrected chi connectivity index (χ4v) is 2.38.